The first-order valence-electron chi connectivity index (χ1n) is 10.6. The zero-order valence-electron chi connectivity index (χ0n) is 18.6. The first-order valence-corrected chi connectivity index (χ1v) is 12.0. The summed E-state index contributed by atoms with van der Waals surface area (Å²) in [5.41, 5.74) is 0.782. The fourth-order valence-corrected chi connectivity index (χ4v) is 5.48. The minimum atomic E-state index is -4.99. The van der Waals surface area contributed by atoms with Gasteiger partial charge in [0.15, 0.2) is 0 Å². The van der Waals surface area contributed by atoms with E-state index in [-0.39, 0.29) is 19.1 Å². The third-order valence-corrected chi connectivity index (χ3v) is 7.42. The molecule has 0 atom stereocenters. The van der Waals surface area contributed by atoms with Gasteiger partial charge in [0.25, 0.3) is 0 Å². The molecule has 1 saturated heterocycles. The lowest BCUT2D eigenvalue weighted by molar-refractivity contribution is -0.275. The average molecular weight is 496 g/mol. The molecular formula is C22H24F3N5O3S. The molecule has 182 valence electrons. The highest BCUT2D eigenvalue weighted by Crippen LogP contribution is 2.32. The predicted molar refractivity (Wildman–Crippen MR) is 122 cm³/mol. The number of anilines is 2. The molecule has 3 aromatic rings. The van der Waals surface area contributed by atoms with Crippen LogP contribution in [-0.2, 0) is 10.0 Å². The number of hydrogen-bond acceptors (Lipinski definition) is 7. The van der Waals surface area contributed by atoms with Crippen molar-refractivity contribution in [1.29, 1.82) is 0 Å². The van der Waals surface area contributed by atoms with Gasteiger partial charge in [-0.2, -0.15) is 9.29 Å². The fraction of sp³-hybridized carbons (Fsp3) is 0.364. The maximum absolute atomic E-state index is 13.1. The van der Waals surface area contributed by atoms with E-state index in [1.807, 2.05) is 43.3 Å². The summed E-state index contributed by atoms with van der Waals surface area (Å²) in [7, 11) is -0.383. The molecule has 34 heavy (non-hydrogen) atoms. The van der Waals surface area contributed by atoms with Crippen molar-refractivity contribution in [3.05, 3.63) is 48.5 Å². The molecule has 8 nitrogen and oxygen atoms in total. The number of benzene rings is 2. The lowest BCUT2D eigenvalue weighted by Crippen LogP contribution is -2.42. The molecule has 0 saturated carbocycles. The minimum Gasteiger partial charge on any atom is -0.404 e. The Labute approximate surface area is 195 Å². The number of para-hydroxylation sites is 2. The summed E-state index contributed by atoms with van der Waals surface area (Å²) < 4.78 is 69.4. The highest BCUT2D eigenvalue weighted by molar-refractivity contribution is 7.89. The molecule has 4 rings (SSSR count). The molecule has 1 aromatic heterocycles. The van der Waals surface area contributed by atoms with E-state index in [0.29, 0.717) is 18.8 Å². The van der Waals surface area contributed by atoms with Crippen molar-refractivity contribution >= 4 is 32.7 Å². The van der Waals surface area contributed by atoms with Gasteiger partial charge in [-0.15, -0.1) is 13.2 Å². The van der Waals surface area contributed by atoms with Gasteiger partial charge in [0.1, 0.15) is 16.5 Å². The Bertz CT molecular complexity index is 1280. The maximum atomic E-state index is 13.1. The number of hydrogen-bond donors (Lipinski definition) is 1. The molecule has 2 heterocycles. The van der Waals surface area contributed by atoms with Crippen molar-refractivity contribution in [3.63, 3.8) is 0 Å². The number of alkyl halides is 3. The lowest BCUT2D eigenvalue weighted by Gasteiger charge is -2.32. The van der Waals surface area contributed by atoms with Crippen molar-refractivity contribution in [2.24, 2.45) is 0 Å². The number of aromatic nitrogens is 2. The van der Waals surface area contributed by atoms with Crippen LogP contribution >= 0.6 is 0 Å². The van der Waals surface area contributed by atoms with Crippen LogP contribution in [0.1, 0.15) is 12.8 Å². The van der Waals surface area contributed by atoms with Crippen LogP contribution in [0.15, 0.2) is 53.4 Å². The Hall–Kier alpha value is -3.12. The fourth-order valence-electron chi connectivity index (χ4n) is 3.90. The number of nitrogens with one attached hydrogen (secondary N) is 1. The smallest absolute Gasteiger partial charge is 0.404 e. The van der Waals surface area contributed by atoms with E-state index in [1.54, 1.807) is 0 Å². The summed E-state index contributed by atoms with van der Waals surface area (Å²) in [6.45, 7) is 0.267. The highest BCUT2D eigenvalue weighted by atomic mass is 32.2. The van der Waals surface area contributed by atoms with Crippen molar-refractivity contribution in [2.75, 3.05) is 37.4 Å². The van der Waals surface area contributed by atoms with E-state index in [2.05, 4.69) is 20.0 Å². The zero-order chi connectivity index (χ0) is 24.5. The van der Waals surface area contributed by atoms with Crippen LogP contribution in [0, 0.1) is 0 Å². The summed E-state index contributed by atoms with van der Waals surface area (Å²) in [5, 5.41) is 4.19. The van der Waals surface area contributed by atoms with Gasteiger partial charge in [-0.3, -0.25) is 0 Å². The first kappa shape index (κ1) is 24.0. The molecule has 2 aromatic carbocycles. The Balaban J connectivity index is 1.48. The number of nitrogens with zero attached hydrogens (tertiary/aromatic N) is 4. The topological polar surface area (TPSA) is 87.7 Å². The van der Waals surface area contributed by atoms with E-state index in [0.717, 1.165) is 28.9 Å². The van der Waals surface area contributed by atoms with Crippen LogP contribution in [0.4, 0.5) is 24.9 Å². The summed E-state index contributed by atoms with van der Waals surface area (Å²) in [4.78, 5) is 10.6. The van der Waals surface area contributed by atoms with Gasteiger partial charge in [-0.25, -0.2) is 13.4 Å². The maximum Gasteiger partial charge on any atom is 0.573 e. The van der Waals surface area contributed by atoms with Crippen LogP contribution in [0.5, 0.6) is 5.75 Å². The van der Waals surface area contributed by atoms with Gasteiger partial charge in [-0.1, -0.05) is 24.3 Å². The summed E-state index contributed by atoms with van der Waals surface area (Å²) >= 11 is 0. The molecular weight excluding hydrogens is 471 g/mol. The second kappa shape index (κ2) is 9.26. The monoisotopic (exact) mass is 495 g/mol. The van der Waals surface area contributed by atoms with Gasteiger partial charge < -0.3 is 15.0 Å². The van der Waals surface area contributed by atoms with Crippen LogP contribution in [0.2, 0.25) is 0 Å². The van der Waals surface area contributed by atoms with Gasteiger partial charge in [0, 0.05) is 38.6 Å². The number of fused-ring (bicyclic) bond motifs is 1. The largest absolute Gasteiger partial charge is 0.573 e. The molecule has 0 spiro atoms. The van der Waals surface area contributed by atoms with E-state index in [1.165, 1.54) is 16.4 Å². The highest BCUT2D eigenvalue weighted by Gasteiger charge is 2.36. The van der Waals surface area contributed by atoms with E-state index in [4.69, 9.17) is 0 Å². The molecule has 1 fully saturated rings. The first-order chi connectivity index (χ1) is 16.0. The third-order valence-electron chi connectivity index (χ3n) is 5.49. The van der Waals surface area contributed by atoms with Gasteiger partial charge in [-0.05, 0) is 37.1 Å². The van der Waals surface area contributed by atoms with Gasteiger partial charge >= 0.3 is 6.36 Å². The van der Waals surface area contributed by atoms with Crippen LogP contribution in [-0.4, -0.2) is 62.3 Å². The molecule has 1 aliphatic rings. The summed E-state index contributed by atoms with van der Waals surface area (Å²) in [6, 6.07) is 12.3. The number of sulfonamides is 1. The SMILES string of the molecule is CN(C)c1nc(NC2CCN(S(=O)(=O)c3ccccc3OC(F)(F)F)CC2)nc2ccccc12. The van der Waals surface area contributed by atoms with E-state index >= 15 is 0 Å². The molecule has 1 N–H and O–H groups in total. The quantitative estimate of drug-likeness (QED) is 0.556. The Morgan fingerprint density at radius 2 is 1.68 bits per heavy atom. The van der Waals surface area contributed by atoms with Crippen molar-refractivity contribution in [3.8, 4) is 5.75 Å². The van der Waals surface area contributed by atoms with Crippen LogP contribution < -0.4 is 15.0 Å². The average Bonchev–Trinajstić information content (AvgIpc) is 2.78. The minimum absolute atomic E-state index is 0.0932. The van der Waals surface area contributed by atoms with Crippen LogP contribution in [0.3, 0.4) is 0 Å². The molecule has 0 radical (unpaired) electrons. The van der Waals surface area contributed by atoms with Gasteiger partial charge in [0.2, 0.25) is 16.0 Å². The van der Waals surface area contributed by atoms with Gasteiger partial charge in [0.05, 0.1) is 5.52 Å². The van der Waals surface area contributed by atoms with E-state index in [9.17, 15) is 21.6 Å². The standard InChI is InChI=1S/C22H24F3N5O3S/c1-29(2)20-16-7-3-4-8-17(16)27-21(28-20)26-15-11-13-30(14-12-15)34(31,32)19-10-6-5-9-18(19)33-22(23,24)25/h3-10,15H,11-14H2,1-2H3,(H,26,27,28). The second-order valence-electron chi connectivity index (χ2n) is 8.10. The Morgan fingerprint density at radius 3 is 2.35 bits per heavy atom. The molecule has 12 heteroatoms. The number of ether oxygens (including phenoxy) is 1. The summed E-state index contributed by atoms with van der Waals surface area (Å²) in [5.74, 6) is 0.457. The normalized spacial score (nSPS) is 15.9. The lowest BCUT2D eigenvalue weighted by atomic mass is 10.1. The molecule has 0 unspecified atom stereocenters. The number of piperidine rings is 1. The number of halogens is 3. The van der Waals surface area contributed by atoms with Crippen molar-refractivity contribution < 1.29 is 26.3 Å². The Kier molecular flexibility index (Phi) is 6.54. The molecule has 0 amide bonds. The van der Waals surface area contributed by atoms with Crippen LogP contribution in [0.25, 0.3) is 10.9 Å². The number of rotatable bonds is 6. The Morgan fingerprint density at radius 1 is 1.03 bits per heavy atom. The summed E-state index contributed by atoms with van der Waals surface area (Å²) in [6.07, 6.45) is -4.11. The molecule has 0 bridgehead atoms. The van der Waals surface area contributed by atoms with E-state index < -0.39 is 27.0 Å². The second-order valence-corrected chi connectivity index (χ2v) is 10.0. The zero-order valence-corrected chi connectivity index (χ0v) is 19.4. The van der Waals surface area contributed by atoms with Crippen molar-refractivity contribution in [2.45, 2.75) is 30.1 Å². The molecule has 0 aliphatic carbocycles. The predicted octanol–water partition coefficient (Wildman–Crippen LogP) is 3.86. The van der Waals surface area contributed by atoms with Crippen molar-refractivity contribution in [1.82, 2.24) is 14.3 Å². The third kappa shape index (κ3) is 5.17. The molecule has 1 aliphatic heterocycles.